The number of anilines is 2. The smallest absolute Gasteiger partial charge is 0.416 e. The van der Waals surface area contributed by atoms with Gasteiger partial charge in [-0.15, -0.1) is 0 Å². The molecule has 1 aromatic heterocycles. The summed E-state index contributed by atoms with van der Waals surface area (Å²) in [6.07, 6.45) is -11.4. The maximum absolute atomic E-state index is 13.8. The van der Waals surface area contributed by atoms with Crippen molar-refractivity contribution in [2.75, 3.05) is 30.0 Å². The topological polar surface area (TPSA) is 93.7 Å². The molecular weight excluding hydrogens is 687 g/mol. The van der Waals surface area contributed by atoms with Crippen molar-refractivity contribution in [3.63, 3.8) is 0 Å². The molecule has 0 saturated carbocycles. The van der Waals surface area contributed by atoms with Gasteiger partial charge in [-0.1, -0.05) is 6.92 Å². The molecule has 0 fully saturated rings. The second kappa shape index (κ2) is 17.4. The molecule has 274 valence electrons. The van der Waals surface area contributed by atoms with Crippen molar-refractivity contribution in [2.45, 2.75) is 77.6 Å². The molecule has 0 aliphatic rings. The van der Waals surface area contributed by atoms with Gasteiger partial charge in [-0.25, -0.2) is 9.97 Å². The number of ether oxygens (including phenoxy) is 2. The van der Waals surface area contributed by atoms with E-state index in [2.05, 4.69) is 15.3 Å². The number of halogens is 9. The number of hydrogen-bond acceptors (Lipinski definition) is 8. The third kappa shape index (κ3) is 12.4. The number of aromatic nitrogens is 2. The fourth-order valence-corrected chi connectivity index (χ4v) is 4.73. The van der Waals surface area contributed by atoms with E-state index in [1.54, 1.807) is 6.92 Å². The van der Waals surface area contributed by atoms with Crippen LogP contribution in [-0.4, -0.2) is 41.5 Å². The summed E-state index contributed by atoms with van der Waals surface area (Å²) >= 11 is 0. The first-order valence-electron chi connectivity index (χ1n) is 15.5. The lowest BCUT2D eigenvalue weighted by atomic mass is 10.0. The van der Waals surface area contributed by atoms with Crippen LogP contribution in [0, 0.1) is 0 Å². The molecule has 0 radical (unpaired) electrons. The molecule has 1 heterocycles. The fraction of sp³-hybridized carbons (Fsp3) is 0.455. The molecule has 0 unspecified atom stereocenters. The number of carbonyl (C=O) groups is 2. The maximum Gasteiger partial charge on any atom is 0.416 e. The van der Waals surface area contributed by atoms with E-state index in [9.17, 15) is 49.1 Å². The normalized spacial score (nSPS) is 12.1. The minimum absolute atomic E-state index is 0.0346. The van der Waals surface area contributed by atoms with Crippen LogP contribution < -0.4 is 15.0 Å². The van der Waals surface area contributed by atoms with Crippen molar-refractivity contribution < 1.29 is 58.6 Å². The average molecular weight is 723 g/mol. The highest BCUT2D eigenvalue weighted by atomic mass is 19.4. The van der Waals surface area contributed by atoms with Gasteiger partial charge in [0.05, 0.1) is 42.3 Å². The van der Waals surface area contributed by atoms with Gasteiger partial charge in [0.15, 0.2) is 5.75 Å². The molecule has 50 heavy (non-hydrogen) atoms. The summed E-state index contributed by atoms with van der Waals surface area (Å²) in [6.45, 7) is 2.58. The van der Waals surface area contributed by atoms with Crippen molar-refractivity contribution in [1.82, 2.24) is 9.97 Å². The largest absolute Gasteiger partial charge is 0.490 e. The lowest BCUT2D eigenvalue weighted by molar-refractivity contribution is -0.144. The second-order valence-electron chi connectivity index (χ2n) is 11.1. The molecule has 0 amide bonds. The summed E-state index contributed by atoms with van der Waals surface area (Å²) in [7, 11) is 0. The Balaban J connectivity index is 2.01. The molecule has 0 bridgehead atoms. The Morgan fingerprint density at radius 2 is 1.40 bits per heavy atom. The van der Waals surface area contributed by atoms with Gasteiger partial charge in [0.2, 0.25) is 5.95 Å². The van der Waals surface area contributed by atoms with Crippen LogP contribution in [0.15, 0.2) is 48.8 Å². The number of nitrogens with one attached hydrogen (secondary N) is 1. The lowest BCUT2D eigenvalue weighted by Gasteiger charge is -2.26. The first kappa shape index (κ1) is 39.9. The zero-order chi connectivity index (χ0) is 37.1. The number of benzene rings is 2. The Hall–Kier alpha value is -4.57. The number of hydrogen-bond donors (Lipinski definition) is 1. The number of esters is 1. The van der Waals surface area contributed by atoms with E-state index < -0.39 is 59.8 Å². The zero-order valence-corrected chi connectivity index (χ0v) is 27.1. The first-order chi connectivity index (χ1) is 23.4. The van der Waals surface area contributed by atoms with Crippen LogP contribution in [0.5, 0.6) is 5.75 Å². The summed E-state index contributed by atoms with van der Waals surface area (Å²) in [5.41, 5.74) is -4.59. The van der Waals surface area contributed by atoms with Gasteiger partial charge in [-0.05, 0) is 67.3 Å². The number of nitrogens with zero attached hydrogens (tertiary/aromatic N) is 3. The van der Waals surface area contributed by atoms with E-state index in [1.807, 2.05) is 6.92 Å². The highest BCUT2D eigenvalue weighted by Crippen LogP contribution is 2.37. The lowest BCUT2D eigenvalue weighted by Crippen LogP contribution is -2.26. The molecule has 0 aliphatic carbocycles. The maximum atomic E-state index is 13.8. The first-order valence-corrected chi connectivity index (χ1v) is 15.5. The Kier molecular flexibility index (Phi) is 13.9. The van der Waals surface area contributed by atoms with Gasteiger partial charge in [0.25, 0.3) is 0 Å². The number of carbonyl (C=O) groups excluding carboxylic acids is 2. The van der Waals surface area contributed by atoms with Gasteiger partial charge >= 0.3 is 24.5 Å². The predicted octanol–water partition coefficient (Wildman–Crippen LogP) is 8.63. The van der Waals surface area contributed by atoms with Crippen LogP contribution in [0.3, 0.4) is 0 Å². The van der Waals surface area contributed by atoms with Crippen molar-refractivity contribution in [3.05, 3.63) is 76.6 Å². The summed E-state index contributed by atoms with van der Waals surface area (Å²) in [6, 6.07) is 3.70. The third-order valence-corrected chi connectivity index (χ3v) is 7.06. The molecule has 0 aliphatic heterocycles. The van der Waals surface area contributed by atoms with Gasteiger partial charge < -0.3 is 19.7 Å². The molecule has 3 rings (SSSR count). The molecule has 8 nitrogen and oxygen atoms in total. The summed E-state index contributed by atoms with van der Waals surface area (Å²) in [5.74, 6) is -0.667. The summed E-state index contributed by atoms with van der Waals surface area (Å²) < 4.78 is 133. The SMILES string of the molecule is CCCC(=O)CCNc1ccc(C(F)(F)F)cc1CN(Cc1cc(C(F)(F)F)cc(C(F)(F)F)c1)c1ncc(OCCCC(=O)OCC)cn1. The van der Waals surface area contributed by atoms with Crippen LogP contribution in [-0.2, 0) is 45.9 Å². The Morgan fingerprint density at radius 1 is 0.780 bits per heavy atom. The molecule has 3 aromatic rings. The number of ketones is 1. The molecule has 2 aromatic carbocycles. The van der Waals surface area contributed by atoms with Crippen molar-refractivity contribution >= 4 is 23.4 Å². The van der Waals surface area contributed by atoms with Crippen molar-refractivity contribution in [1.29, 1.82) is 0 Å². The standard InChI is InChI=1S/C33H35F9N4O4/c1-3-6-26(47)10-11-43-28-9-8-23(31(34,35)36)15-22(28)20-46(19-21-13-24(32(37,38)39)16-25(14-21)33(40,41)42)30-44-17-27(18-45-30)50-12-5-7-29(48)49-4-2/h8-9,13-18,43H,3-7,10-12,19-20H2,1-2H3. The van der Waals surface area contributed by atoms with Crippen molar-refractivity contribution in [2.24, 2.45) is 0 Å². The second-order valence-corrected chi connectivity index (χ2v) is 11.1. The fourth-order valence-electron chi connectivity index (χ4n) is 4.73. The van der Waals surface area contributed by atoms with E-state index >= 15 is 0 Å². The highest BCUT2D eigenvalue weighted by molar-refractivity contribution is 5.78. The van der Waals surface area contributed by atoms with Crippen molar-refractivity contribution in [3.8, 4) is 5.75 Å². The minimum Gasteiger partial charge on any atom is -0.490 e. The average Bonchev–Trinajstić information content (AvgIpc) is 3.02. The van der Waals surface area contributed by atoms with Gasteiger partial charge in [0, 0.05) is 44.6 Å². The predicted molar refractivity (Wildman–Crippen MR) is 164 cm³/mol. The van der Waals surface area contributed by atoms with Crippen LogP contribution >= 0.6 is 0 Å². The van der Waals surface area contributed by atoms with Gasteiger partial charge in [0.1, 0.15) is 5.78 Å². The van der Waals surface area contributed by atoms with E-state index in [4.69, 9.17) is 9.47 Å². The molecule has 17 heteroatoms. The highest BCUT2D eigenvalue weighted by Gasteiger charge is 2.37. The quantitative estimate of drug-likeness (QED) is 0.0842. The van der Waals surface area contributed by atoms with Gasteiger partial charge in [-0.2, -0.15) is 39.5 Å². The Bertz CT molecular complexity index is 1550. The number of rotatable bonds is 17. The minimum atomic E-state index is -5.14. The number of alkyl halides is 9. The summed E-state index contributed by atoms with van der Waals surface area (Å²) in [5, 5.41) is 2.91. The van der Waals surface area contributed by atoms with Crippen LogP contribution in [0.4, 0.5) is 51.1 Å². The van der Waals surface area contributed by atoms with Gasteiger partial charge in [-0.3, -0.25) is 9.59 Å². The van der Waals surface area contributed by atoms with Crippen LogP contribution in [0.2, 0.25) is 0 Å². The van der Waals surface area contributed by atoms with E-state index in [0.717, 1.165) is 35.5 Å². The molecular formula is C33H35F9N4O4. The Morgan fingerprint density at radius 3 is 1.96 bits per heavy atom. The molecule has 0 spiro atoms. The molecule has 1 N–H and O–H groups in total. The van der Waals surface area contributed by atoms with E-state index in [1.165, 1.54) is 0 Å². The zero-order valence-electron chi connectivity index (χ0n) is 27.1. The van der Waals surface area contributed by atoms with Crippen LogP contribution in [0.1, 0.15) is 73.8 Å². The third-order valence-electron chi connectivity index (χ3n) is 7.06. The monoisotopic (exact) mass is 722 g/mol. The number of Topliss-reactive ketones (excluding diaryl/α,β-unsaturated/α-hetero) is 1. The molecule has 0 atom stereocenters. The summed E-state index contributed by atoms with van der Waals surface area (Å²) in [4.78, 5) is 32.9. The van der Waals surface area contributed by atoms with Crippen LogP contribution in [0.25, 0.3) is 0 Å². The molecule has 0 saturated heterocycles. The van der Waals surface area contributed by atoms with E-state index in [-0.39, 0.29) is 73.8 Å². The van der Waals surface area contributed by atoms with E-state index in [0.29, 0.717) is 25.0 Å². The Labute approximate surface area is 282 Å².